The Bertz CT molecular complexity index is 878. The Labute approximate surface area is 193 Å². The minimum absolute atomic E-state index is 0.0649. The maximum Gasteiger partial charge on any atom is 0.160 e. The molecule has 1 saturated heterocycles. The third-order valence-electron chi connectivity index (χ3n) is 5.02. The van der Waals surface area contributed by atoms with Crippen molar-refractivity contribution in [1.82, 2.24) is 4.90 Å². The van der Waals surface area contributed by atoms with Gasteiger partial charge in [-0.15, -0.1) is 0 Å². The number of aryl methyl sites for hydroxylation is 1. The van der Waals surface area contributed by atoms with Gasteiger partial charge in [0.1, 0.15) is 19.4 Å². The van der Waals surface area contributed by atoms with E-state index in [2.05, 4.69) is 30.8 Å². The number of nitrogens with zero attached hydrogens (tertiary/aromatic N) is 1. The van der Waals surface area contributed by atoms with Crippen LogP contribution in [0.1, 0.15) is 30.9 Å². The van der Waals surface area contributed by atoms with Crippen LogP contribution in [0.2, 0.25) is 0 Å². The Balaban J connectivity index is 0.000000617. The van der Waals surface area contributed by atoms with E-state index in [9.17, 15) is 18.3 Å². The van der Waals surface area contributed by atoms with Crippen LogP contribution in [0.25, 0.3) is 5.70 Å². The highest BCUT2D eigenvalue weighted by Crippen LogP contribution is 2.21. The number of benzene rings is 2. The zero-order valence-corrected chi connectivity index (χ0v) is 19.4. The van der Waals surface area contributed by atoms with Gasteiger partial charge >= 0.3 is 0 Å². The lowest BCUT2D eigenvalue weighted by Crippen LogP contribution is -2.27. The lowest BCUT2D eigenvalue weighted by molar-refractivity contribution is -0.0987. The van der Waals surface area contributed by atoms with Crippen molar-refractivity contribution in [3.63, 3.8) is 0 Å². The number of anilines is 1. The van der Waals surface area contributed by atoms with Gasteiger partial charge in [0.25, 0.3) is 0 Å². The molecule has 1 aliphatic rings. The Kier molecular flexibility index (Phi) is 14.4. The van der Waals surface area contributed by atoms with Crippen LogP contribution >= 0.6 is 0 Å². The van der Waals surface area contributed by atoms with E-state index in [-0.39, 0.29) is 11.9 Å². The molecule has 2 aromatic carbocycles. The van der Waals surface area contributed by atoms with Gasteiger partial charge in [0, 0.05) is 24.0 Å². The van der Waals surface area contributed by atoms with Gasteiger partial charge in [-0.1, -0.05) is 13.5 Å². The highest BCUT2D eigenvalue weighted by Gasteiger charge is 2.19. The van der Waals surface area contributed by atoms with Crippen molar-refractivity contribution in [3.05, 3.63) is 71.6 Å². The molecule has 0 bridgehead atoms. The first-order valence-corrected chi connectivity index (χ1v) is 10.3. The number of aliphatic hydroxyl groups excluding tert-OH is 1. The monoisotopic (exact) mass is 466 g/mol. The largest absolute Gasteiger partial charge is 0.393 e. The van der Waals surface area contributed by atoms with Gasteiger partial charge in [0.15, 0.2) is 11.6 Å². The summed E-state index contributed by atoms with van der Waals surface area (Å²) >= 11 is 0. The van der Waals surface area contributed by atoms with E-state index in [0.29, 0.717) is 28.4 Å². The molecule has 1 aliphatic heterocycles. The van der Waals surface area contributed by atoms with Crippen LogP contribution in [0, 0.1) is 30.3 Å². The van der Waals surface area contributed by atoms with Crippen molar-refractivity contribution in [2.24, 2.45) is 5.92 Å². The number of rotatable bonds is 3. The molecule has 3 rings (SSSR count). The molecule has 5 nitrogen and oxygen atoms in total. The fourth-order valence-electron chi connectivity index (χ4n) is 3.21. The summed E-state index contributed by atoms with van der Waals surface area (Å²) < 4.78 is 39.0. The zero-order chi connectivity index (χ0) is 25.6. The van der Waals surface area contributed by atoms with Crippen LogP contribution in [0.3, 0.4) is 0 Å². The van der Waals surface area contributed by atoms with Crippen molar-refractivity contribution in [3.8, 4) is 0 Å². The van der Waals surface area contributed by atoms with E-state index in [1.54, 1.807) is 19.1 Å². The fourth-order valence-corrected chi connectivity index (χ4v) is 3.21. The van der Waals surface area contributed by atoms with Crippen LogP contribution in [-0.2, 0) is 9.59 Å². The minimum Gasteiger partial charge on any atom is -0.393 e. The zero-order valence-electron chi connectivity index (χ0n) is 19.4. The summed E-state index contributed by atoms with van der Waals surface area (Å²) in [5, 5.41) is 12.3. The maximum absolute atomic E-state index is 13.1. The predicted molar refractivity (Wildman–Crippen MR) is 126 cm³/mol. The van der Waals surface area contributed by atoms with Crippen molar-refractivity contribution in [1.29, 1.82) is 0 Å². The molecule has 1 fully saturated rings. The standard InChI is InChI=1S/C15H12F3N.C8H17NO.2CH2O/c1-9-7-11(3-5-13(9)16)10(2)19-12-4-6-14(17)15(18)8-12;1-7-6-9(2)5-3-4-8(7)10;2*1-2/h3-8,19H,2H2,1H3;7-8,10H,3-6H2,1-2H3;2*1H2. The summed E-state index contributed by atoms with van der Waals surface area (Å²) in [5.41, 5.74) is 2.04. The Morgan fingerprint density at radius 1 is 1.03 bits per heavy atom. The topological polar surface area (TPSA) is 69.6 Å². The molecular formula is C25H33F3N2O3. The normalized spacial score (nSPS) is 17.5. The Morgan fingerprint density at radius 2 is 1.64 bits per heavy atom. The highest BCUT2D eigenvalue weighted by atomic mass is 19.2. The number of carbonyl (C=O) groups excluding carboxylic acids is 2. The molecule has 8 heteroatoms. The average molecular weight is 467 g/mol. The number of hydrogen-bond acceptors (Lipinski definition) is 5. The Hall–Kier alpha value is -2.97. The molecule has 0 aromatic heterocycles. The molecule has 2 N–H and O–H groups in total. The van der Waals surface area contributed by atoms with Crippen LogP contribution in [-0.4, -0.2) is 49.8 Å². The second-order valence-corrected chi connectivity index (χ2v) is 7.65. The lowest BCUT2D eigenvalue weighted by atomic mass is 10.0. The van der Waals surface area contributed by atoms with Crippen molar-refractivity contribution < 1.29 is 27.9 Å². The lowest BCUT2D eigenvalue weighted by Gasteiger charge is -2.18. The molecule has 182 valence electrons. The summed E-state index contributed by atoms with van der Waals surface area (Å²) in [6.45, 7) is 13.7. The van der Waals surface area contributed by atoms with Gasteiger partial charge in [0.05, 0.1) is 6.10 Å². The summed E-state index contributed by atoms with van der Waals surface area (Å²) in [6.07, 6.45) is 2.05. The molecule has 0 saturated carbocycles. The van der Waals surface area contributed by atoms with E-state index in [4.69, 9.17) is 9.59 Å². The van der Waals surface area contributed by atoms with Gasteiger partial charge < -0.3 is 24.9 Å². The van der Waals surface area contributed by atoms with Crippen molar-refractivity contribution >= 4 is 25.0 Å². The van der Waals surface area contributed by atoms with E-state index in [1.165, 1.54) is 12.1 Å². The molecule has 0 amide bonds. The smallest absolute Gasteiger partial charge is 0.160 e. The minimum atomic E-state index is -0.937. The van der Waals surface area contributed by atoms with Gasteiger partial charge in [-0.05, 0) is 80.7 Å². The quantitative estimate of drug-likeness (QED) is 0.678. The molecule has 0 spiro atoms. The number of nitrogens with one attached hydrogen (secondary N) is 1. The molecule has 0 radical (unpaired) electrons. The number of carbonyl (C=O) groups is 2. The predicted octanol–water partition coefficient (Wildman–Crippen LogP) is 4.83. The molecule has 33 heavy (non-hydrogen) atoms. The van der Waals surface area contributed by atoms with Crippen LogP contribution in [0.4, 0.5) is 18.9 Å². The number of likely N-dealkylation sites (tertiary alicyclic amines) is 1. The fraction of sp³-hybridized carbons (Fsp3) is 0.360. The molecule has 1 heterocycles. The third kappa shape index (κ3) is 10.5. The van der Waals surface area contributed by atoms with Crippen molar-refractivity contribution in [2.75, 3.05) is 25.5 Å². The van der Waals surface area contributed by atoms with E-state index < -0.39 is 11.6 Å². The molecule has 2 atom stereocenters. The van der Waals surface area contributed by atoms with Gasteiger partial charge in [-0.25, -0.2) is 13.2 Å². The first-order chi connectivity index (χ1) is 15.7. The maximum atomic E-state index is 13.1. The second kappa shape index (κ2) is 15.8. The SMILES string of the molecule is C=C(Nc1ccc(F)c(F)c1)c1ccc(F)c(C)c1.C=O.C=O.CC1CN(C)CCCC1O. The summed E-state index contributed by atoms with van der Waals surface area (Å²) in [5.74, 6) is -1.70. The first kappa shape index (κ1) is 30.0. The number of halogens is 3. The van der Waals surface area contributed by atoms with E-state index in [1.807, 2.05) is 13.6 Å². The van der Waals surface area contributed by atoms with Gasteiger partial charge in [-0.3, -0.25) is 0 Å². The van der Waals surface area contributed by atoms with Gasteiger partial charge in [-0.2, -0.15) is 0 Å². The third-order valence-corrected chi connectivity index (χ3v) is 5.02. The van der Waals surface area contributed by atoms with Crippen molar-refractivity contribution in [2.45, 2.75) is 32.8 Å². The Morgan fingerprint density at radius 3 is 2.21 bits per heavy atom. The van der Waals surface area contributed by atoms with Crippen LogP contribution < -0.4 is 5.32 Å². The first-order valence-electron chi connectivity index (χ1n) is 10.3. The molecular weight excluding hydrogens is 433 g/mol. The molecule has 2 aromatic rings. The summed E-state index contributed by atoms with van der Waals surface area (Å²) in [6, 6.07) is 8.00. The second-order valence-electron chi connectivity index (χ2n) is 7.65. The number of hydrogen-bond donors (Lipinski definition) is 2. The van der Waals surface area contributed by atoms with E-state index in [0.717, 1.165) is 38.1 Å². The summed E-state index contributed by atoms with van der Waals surface area (Å²) in [4.78, 5) is 18.3. The van der Waals surface area contributed by atoms with Crippen LogP contribution in [0.5, 0.6) is 0 Å². The highest BCUT2D eigenvalue weighted by molar-refractivity contribution is 5.75. The average Bonchev–Trinajstić information content (AvgIpc) is 2.95. The molecule has 2 unspecified atom stereocenters. The van der Waals surface area contributed by atoms with Crippen LogP contribution in [0.15, 0.2) is 43.0 Å². The summed E-state index contributed by atoms with van der Waals surface area (Å²) in [7, 11) is 2.12. The van der Waals surface area contributed by atoms with Gasteiger partial charge in [0.2, 0.25) is 0 Å². The molecule has 0 aliphatic carbocycles. The van der Waals surface area contributed by atoms with E-state index >= 15 is 0 Å². The number of aliphatic hydroxyl groups is 1.